The normalized spacial score (nSPS) is 14.7. The van der Waals surface area contributed by atoms with Gasteiger partial charge in [0, 0.05) is 18.8 Å². The quantitative estimate of drug-likeness (QED) is 0.707. The fraction of sp³-hybridized carbons (Fsp3) is 0.409. The fourth-order valence-electron chi connectivity index (χ4n) is 3.96. The number of aromatic nitrogens is 1. The molecule has 1 amide bonds. The van der Waals surface area contributed by atoms with Crippen molar-refractivity contribution in [3.05, 3.63) is 46.1 Å². The number of hydrogen-bond acceptors (Lipinski definition) is 6. The molecular weight excluding hydrogens is 386 g/mol. The van der Waals surface area contributed by atoms with Crippen LogP contribution in [0, 0.1) is 11.3 Å². The molecule has 1 aromatic carbocycles. The monoisotopic (exact) mass is 409 g/mol. The number of benzene rings is 1. The molecule has 0 radical (unpaired) electrons. The summed E-state index contributed by atoms with van der Waals surface area (Å²) in [7, 11) is 3.24. The second-order valence-electron chi connectivity index (χ2n) is 7.24. The van der Waals surface area contributed by atoms with Gasteiger partial charge in [-0.15, -0.1) is 0 Å². The van der Waals surface area contributed by atoms with Crippen LogP contribution in [0.4, 0.5) is 0 Å². The van der Waals surface area contributed by atoms with E-state index >= 15 is 0 Å². The van der Waals surface area contributed by atoms with Crippen molar-refractivity contribution < 1.29 is 14.3 Å². The summed E-state index contributed by atoms with van der Waals surface area (Å²) < 4.78 is 10.8. The third kappa shape index (κ3) is 3.90. The predicted octanol–water partition coefficient (Wildman–Crippen LogP) is 3.14. The Kier molecular flexibility index (Phi) is 5.63. The first-order valence-electron chi connectivity index (χ1n) is 9.70. The van der Waals surface area contributed by atoms with E-state index in [1.165, 1.54) is 22.9 Å². The number of ether oxygens (including phenoxy) is 2. The summed E-state index contributed by atoms with van der Waals surface area (Å²) in [5, 5.41) is 10.1. The number of thioether (sulfide) groups is 1. The third-order valence-electron chi connectivity index (χ3n) is 5.54. The highest BCUT2D eigenvalue weighted by Gasteiger charge is 2.24. The van der Waals surface area contributed by atoms with Crippen LogP contribution in [0.3, 0.4) is 0 Å². The van der Waals surface area contributed by atoms with E-state index in [1.807, 2.05) is 23.1 Å². The molecule has 0 N–H and O–H groups in total. The lowest BCUT2D eigenvalue weighted by Crippen LogP contribution is -2.37. The van der Waals surface area contributed by atoms with Gasteiger partial charge in [0.2, 0.25) is 5.91 Å². The summed E-state index contributed by atoms with van der Waals surface area (Å²) in [4.78, 5) is 19.4. The molecule has 1 aliphatic carbocycles. The maximum Gasteiger partial charge on any atom is 0.233 e. The number of amides is 1. The maximum absolute atomic E-state index is 12.8. The lowest BCUT2D eigenvalue weighted by Gasteiger charge is -2.29. The van der Waals surface area contributed by atoms with E-state index in [4.69, 9.17) is 9.47 Å². The van der Waals surface area contributed by atoms with Gasteiger partial charge in [0.25, 0.3) is 0 Å². The Labute approximate surface area is 174 Å². The summed E-state index contributed by atoms with van der Waals surface area (Å²) in [6.07, 6.45) is 3.81. The van der Waals surface area contributed by atoms with Crippen LogP contribution in [0.1, 0.15) is 34.4 Å². The number of carbonyl (C=O) groups excluding carboxylic acids is 1. The van der Waals surface area contributed by atoms with Crippen molar-refractivity contribution in [1.82, 2.24) is 9.88 Å². The Balaban J connectivity index is 1.45. The molecule has 0 saturated heterocycles. The van der Waals surface area contributed by atoms with Crippen molar-refractivity contribution in [2.24, 2.45) is 0 Å². The summed E-state index contributed by atoms with van der Waals surface area (Å²) in [6, 6.07) is 8.13. The van der Waals surface area contributed by atoms with Crippen molar-refractivity contribution in [1.29, 1.82) is 5.26 Å². The molecule has 150 valence electrons. The molecular formula is C22H23N3O3S. The first-order valence-corrected chi connectivity index (χ1v) is 10.7. The maximum atomic E-state index is 12.8. The van der Waals surface area contributed by atoms with Crippen molar-refractivity contribution >= 4 is 17.7 Å². The Hall–Kier alpha value is -2.72. The molecule has 0 fully saturated rings. The first-order chi connectivity index (χ1) is 14.1. The van der Waals surface area contributed by atoms with Crippen LogP contribution < -0.4 is 9.47 Å². The van der Waals surface area contributed by atoms with Gasteiger partial charge in [0.1, 0.15) is 11.1 Å². The number of nitriles is 1. The third-order valence-corrected chi connectivity index (χ3v) is 6.52. The van der Waals surface area contributed by atoms with Crippen LogP contribution in [-0.4, -0.2) is 42.3 Å². The Morgan fingerprint density at radius 1 is 1.14 bits per heavy atom. The van der Waals surface area contributed by atoms with Crippen molar-refractivity contribution in [2.45, 2.75) is 37.3 Å². The average molecular weight is 410 g/mol. The lowest BCUT2D eigenvalue weighted by molar-refractivity contribution is -0.129. The smallest absolute Gasteiger partial charge is 0.233 e. The van der Waals surface area contributed by atoms with Gasteiger partial charge in [0.15, 0.2) is 11.5 Å². The van der Waals surface area contributed by atoms with Crippen molar-refractivity contribution in [2.75, 3.05) is 26.5 Å². The van der Waals surface area contributed by atoms with Crippen LogP contribution in [0.5, 0.6) is 11.5 Å². The minimum Gasteiger partial charge on any atom is -0.493 e. The highest BCUT2D eigenvalue weighted by Crippen LogP contribution is 2.34. The molecule has 1 aliphatic heterocycles. The molecule has 1 aromatic heterocycles. The summed E-state index contributed by atoms with van der Waals surface area (Å²) >= 11 is 1.36. The largest absolute Gasteiger partial charge is 0.493 e. The van der Waals surface area contributed by atoms with Gasteiger partial charge in [-0.2, -0.15) is 5.26 Å². The number of methoxy groups -OCH3 is 2. The van der Waals surface area contributed by atoms with E-state index < -0.39 is 0 Å². The Morgan fingerprint density at radius 2 is 1.90 bits per heavy atom. The van der Waals surface area contributed by atoms with Crippen molar-refractivity contribution in [3.63, 3.8) is 0 Å². The van der Waals surface area contributed by atoms with E-state index in [2.05, 4.69) is 11.1 Å². The molecule has 0 bridgehead atoms. The highest BCUT2D eigenvalue weighted by atomic mass is 32.2. The zero-order valence-electron chi connectivity index (χ0n) is 16.7. The van der Waals surface area contributed by atoms with E-state index in [0.29, 0.717) is 35.2 Å². The SMILES string of the molecule is COc1cc2c(cc1OC)CN(C(=O)CSc1nc3c(cc1C#N)CCC3)CC2. The number of carbonyl (C=O) groups is 1. The number of nitrogens with zero attached hydrogens (tertiary/aromatic N) is 3. The summed E-state index contributed by atoms with van der Waals surface area (Å²) in [6.45, 7) is 1.22. The van der Waals surface area contributed by atoms with Gasteiger partial charge in [-0.3, -0.25) is 4.79 Å². The van der Waals surface area contributed by atoms with E-state index in [1.54, 1.807) is 14.2 Å². The fourth-order valence-corrected chi connectivity index (χ4v) is 4.84. The Bertz CT molecular complexity index is 1000. The number of hydrogen-bond donors (Lipinski definition) is 0. The topological polar surface area (TPSA) is 75.5 Å². The molecule has 6 nitrogen and oxygen atoms in total. The van der Waals surface area contributed by atoms with Gasteiger partial charge in [0.05, 0.1) is 25.5 Å². The summed E-state index contributed by atoms with van der Waals surface area (Å²) in [5.41, 5.74) is 5.09. The van der Waals surface area contributed by atoms with E-state index in [-0.39, 0.29) is 11.7 Å². The number of aryl methyl sites for hydroxylation is 2. The second kappa shape index (κ2) is 8.34. The zero-order valence-corrected chi connectivity index (χ0v) is 17.5. The first kappa shape index (κ1) is 19.6. The van der Waals surface area contributed by atoms with Crippen LogP contribution >= 0.6 is 11.8 Å². The van der Waals surface area contributed by atoms with Gasteiger partial charge in [-0.1, -0.05) is 11.8 Å². The molecule has 29 heavy (non-hydrogen) atoms. The average Bonchev–Trinajstić information content (AvgIpc) is 3.22. The predicted molar refractivity (Wildman–Crippen MR) is 110 cm³/mol. The second-order valence-corrected chi connectivity index (χ2v) is 8.21. The van der Waals surface area contributed by atoms with Gasteiger partial charge >= 0.3 is 0 Å². The molecule has 0 saturated carbocycles. The Morgan fingerprint density at radius 3 is 2.62 bits per heavy atom. The minimum atomic E-state index is 0.0571. The zero-order chi connectivity index (χ0) is 20.4. The van der Waals surface area contributed by atoms with Gasteiger partial charge in [-0.05, 0) is 60.6 Å². The molecule has 0 atom stereocenters. The number of fused-ring (bicyclic) bond motifs is 2. The van der Waals surface area contributed by atoms with E-state index in [9.17, 15) is 10.1 Å². The minimum absolute atomic E-state index is 0.0571. The van der Waals surface area contributed by atoms with Crippen LogP contribution in [0.15, 0.2) is 23.2 Å². The molecule has 2 aliphatic rings. The van der Waals surface area contributed by atoms with Crippen LogP contribution in [-0.2, 0) is 30.6 Å². The summed E-state index contributed by atoms with van der Waals surface area (Å²) in [5.74, 6) is 1.73. The number of rotatable bonds is 5. The molecule has 0 unspecified atom stereocenters. The molecule has 0 spiro atoms. The number of pyridine rings is 1. The van der Waals surface area contributed by atoms with Gasteiger partial charge in [-0.25, -0.2) is 4.98 Å². The van der Waals surface area contributed by atoms with Gasteiger partial charge < -0.3 is 14.4 Å². The lowest BCUT2D eigenvalue weighted by atomic mass is 9.99. The molecule has 2 heterocycles. The van der Waals surface area contributed by atoms with Crippen LogP contribution in [0.25, 0.3) is 0 Å². The standard InChI is InChI=1S/C22H23N3O3S/c1-27-19-9-14-6-7-25(12-17(14)10-20(19)28-2)21(26)13-29-22-16(11-23)8-15-4-3-5-18(15)24-22/h8-10H,3-7,12-13H2,1-2H3. The van der Waals surface area contributed by atoms with Crippen molar-refractivity contribution in [3.8, 4) is 17.6 Å². The molecule has 2 aromatic rings. The molecule has 7 heteroatoms. The molecule has 4 rings (SSSR count). The highest BCUT2D eigenvalue weighted by molar-refractivity contribution is 8.00. The van der Waals surface area contributed by atoms with Crippen LogP contribution in [0.2, 0.25) is 0 Å². The van der Waals surface area contributed by atoms with E-state index in [0.717, 1.165) is 36.9 Å².